The lowest BCUT2D eigenvalue weighted by Gasteiger charge is -2.13. The van der Waals surface area contributed by atoms with Crippen molar-refractivity contribution in [3.63, 3.8) is 0 Å². The third-order valence-corrected chi connectivity index (χ3v) is 6.84. The second-order valence-electron chi connectivity index (χ2n) is 8.10. The van der Waals surface area contributed by atoms with Crippen LogP contribution in [-0.2, 0) is 4.79 Å². The lowest BCUT2D eigenvalue weighted by atomic mass is 10.1. The molecule has 3 aromatic carbocycles. The first-order valence-corrected chi connectivity index (χ1v) is 12.3. The lowest BCUT2D eigenvalue weighted by Crippen LogP contribution is -2.34. The Morgan fingerprint density at radius 3 is 2.27 bits per heavy atom. The van der Waals surface area contributed by atoms with E-state index < -0.39 is 5.91 Å². The summed E-state index contributed by atoms with van der Waals surface area (Å²) in [7, 11) is 3.09. The highest BCUT2D eigenvalue weighted by Crippen LogP contribution is 2.27. The number of para-hydroxylation sites is 1. The quantitative estimate of drug-likeness (QED) is 0.411. The van der Waals surface area contributed by atoms with E-state index in [9.17, 15) is 14.9 Å². The fraction of sp³-hybridized carbons (Fsp3) is 0.138. The Hall–Kier alpha value is -4.61. The number of benzene rings is 3. The smallest absolute Gasteiger partial charge is 0.273 e. The fourth-order valence-electron chi connectivity index (χ4n) is 3.85. The molecular formula is C29H25N3O4S. The summed E-state index contributed by atoms with van der Waals surface area (Å²) in [6, 6.07) is 25.4. The Morgan fingerprint density at radius 2 is 1.65 bits per heavy atom. The van der Waals surface area contributed by atoms with Crippen LogP contribution < -0.4 is 29.5 Å². The molecule has 0 bridgehead atoms. The van der Waals surface area contributed by atoms with Gasteiger partial charge < -0.3 is 14.8 Å². The maximum atomic E-state index is 13.6. The van der Waals surface area contributed by atoms with E-state index in [4.69, 9.17) is 9.47 Å². The molecule has 4 rings (SSSR count). The molecule has 0 aliphatic rings. The minimum absolute atomic E-state index is 0.138. The van der Waals surface area contributed by atoms with Crippen LogP contribution in [-0.4, -0.2) is 24.7 Å². The SMILES string of the molecule is COc1ccc(/C=c2/s/c(=C(/C#N)C(=O)N[C@@H](C)c3ccccc3)n(-c3ccccc3)c2=O)cc1OC. The molecule has 0 saturated heterocycles. The van der Waals surface area contributed by atoms with E-state index >= 15 is 0 Å². The summed E-state index contributed by atoms with van der Waals surface area (Å²) in [6.07, 6.45) is 1.71. The van der Waals surface area contributed by atoms with Gasteiger partial charge in [-0.2, -0.15) is 5.26 Å². The highest BCUT2D eigenvalue weighted by Gasteiger charge is 2.19. The van der Waals surface area contributed by atoms with Crippen molar-refractivity contribution in [3.8, 4) is 23.3 Å². The van der Waals surface area contributed by atoms with Crippen molar-refractivity contribution >= 4 is 28.9 Å². The molecule has 186 valence electrons. The zero-order valence-corrected chi connectivity index (χ0v) is 21.4. The monoisotopic (exact) mass is 511 g/mol. The standard InChI is InChI=1S/C29H25N3O4S/c1-19(21-10-6-4-7-11-21)31-27(33)23(18-30)29-32(22-12-8-5-9-13-22)28(34)26(37-29)17-20-14-15-24(35-2)25(16-20)36-3/h4-17,19H,1-3H3,(H,31,33)/b26-17+,29-23-/t19-/m0/s1. The maximum Gasteiger partial charge on any atom is 0.273 e. The van der Waals surface area contributed by atoms with E-state index in [1.54, 1.807) is 55.7 Å². The Balaban J connectivity index is 1.90. The highest BCUT2D eigenvalue weighted by atomic mass is 32.1. The van der Waals surface area contributed by atoms with Crippen LogP contribution in [0.25, 0.3) is 17.3 Å². The first-order valence-electron chi connectivity index (χ1n) is 11.5. The van der Waals surface area contributed by atoms with E-state index in [0.29, 0.717) is 27.3 Å². The Kier molecular flexibility index (Phi) is 7.86. The maximum absolute atomic E-state index is 13.6. The zero-order valence-electron chi connectivity index (χ0n) is 20.6. The van der Waals surface area contributed by atoms with Gasteiger partial charge in [-0.3, -0.25) is 14.2 Å². The molecule has 1 aromatic heterocycles. The molecule has 4 aromatic rings. The molecule has 8 heteroatoms. The van der Waals surface area contributed by atoms with Gasteiger partial charge in [0.1, 0.15) is 10.7 Å². The van der Waals surface area contributed by atoms with E-state index in [1.165, 1.54) is 11.7 Å². The normalized spacial score (nSPS) is 12.9. The summed E-state index contributed by atoms with van der Waals surface area (Å²) in [4.78, 5) is 26.8. The molecule has 1 N–H and O–H groups in total. The molecule has 0 radical (unpaired) electrons. The predicted molar refractivity (Wildman–Crippen MR) is 144 cm³/mol. The van der Waals surface area contributed by atoms with E-state index in [0.717, 1.165) is 16.9 Å². The molecular weight excluding hydrogens is 486 g/mol. The number of carbonyl (C=O) groups is 1. The van der Waals surface area contributed by atoms with Gasteiger partial charge in [-0.05, 0) is 48.4 Å². The van der Waals surface area contributed by atoms with E-state index in [-0.39, 0.29) is 21.8 Å². The summed E-state index contributed by atoms with van der Waals surface area (Å²) in [6.45, 7) is 1.84. The van der Waals surface area contributed by atoms with Crippen LogP contribution in [0.4, 0.5) is 0 Å². The number of hydrogen-bond donors (Lipinski definition) is 1. The number of methoxy groups -OCH3 is 2. The number of thiazole rings is 1. The van der Waals surface area contributed by atoms with Crippen LogP contribution in [0.5, 0.6) is 11.5 Å². The Morgan fingerprint density at radius 1 is 1.00 bits per heavy atom. The fourth-order valence-corrected chi connectivity index (χ4v) is 4.95. The predicted octanol–water partition coefficient (Wildman–Crippen LogP) is 3.30. The Bertz CT molecular complexity index is 1630. The lowest BCUT2D eigenvalue weighted by molar-refractivity contribution is -0.116. The van der Waals surface area contributed by atoms with Gasteiger partial charge in [0, 0.05) is 0 Å². The number of nitriles is 1. The second-order valence-corrected chi connectivity index (χ2v) is 9.13. The third-order valence-electron chi connectivity index (χ3n) is 5.74. The van der Waals surface area contributed by atoms with Crippen molar-refractivity contribution in [1.82, 2.24) is 9.88 Å². The van der Waals surface area contributed by atoms with Crippen molar-refractivity contribution < 1.29 is 14.3 Å². The molecule has 0 aliphatic carbocycles. The first kappa shape index (κ1) is 25.5. The van der Waals surface area contributed by atoms with Crippen LogP contribution in [0, 0.1) is 11.3 Å². The van der Waals surface area contributed by atoms with Crippen molar-refractivity contribution in [2.24, 2.45) is 0 Å². The first-order chi connectivity index (χ1) is 18.0. The molecule has 0 saturated carbocycles. The molecule has 0 aliphatic heterocycles. The van der Waals surface area contributed by atoms with Gasteiger partial charge in [-0.25, -0.2) is 0 Å². The number of nitrogens with zero attached hydrogens (tertiary/aromatic N) is 2. The third kappa shape index (κ3) is 5.47. The number of rotatable bonds is 7. The molecule has 0 spiro atoms. The van der Waals surface area contributed by atoms with Gasteiger partial charge in [0.25, 0.3) is 11.5 Å². The topological polar surface area (TPSA) is 93.4 Å². The van der Waals surface area contributed by atoms with Gasteiger partial charge in [-0.15, -0.1) is 11.3 Å². The van der Waals surface area contributed by atoms with Crippen molar-refractivity contribution in [3.05, 3.63) is 110 Å². The zero-order chi connectivity index (χ0) is 26.4. The number of nitrogens with one attached hydrogen (secondary N) is 1. The minimum atomic E-state index is -0.553. The van der Waals surface area contributed by atoms with Crippen LogP contribution in [0.3, 0.4) is 0 Å². The van der Waals surface area contributed by atoms with Crippen molar-refractivity contribution in [2.45, 2.75) is 13.0 Å². The molecule has 37 heavy (non-hydrogen) atoms. The van der Waals surface area contributed by atoms with E-state index in [2.05, 4.69) is 5.32 Å². The van der Waals surface area contributed by atoms with Crippen LogP contribution >= 0.6 is 11.3 Å². The van der Waals surface area contributed by atoms with E-state index in [1.807, 2.05) is 49.4 Å². The van der Waals surface area contributed by atoms with Gasteiger partial charge in [0.15, 0.2) is 17.1 Å². The number of aromatic nitrogens is 1. The van der Waals surface area contributed by atoms with Crippen LogP contribution in [0.1, 0.15) is 24.1 Å². The number of amides is 1. The average molecular weight is 512 g/mol. The summed E-state index contributed by atoms with van der Waals surface area (Å²) in [5.74, 6) is 0.537. The molecule has 0 unspecified atom stereocenters. The molecule has 7 nitrogen and oxygen atoms in total. The van der Waals surface area contributed by atoms with Gasteiger partial charge in [0.05, 0.1) is 30.5 Å². The summed E-state index contributed by atoms with van der Waals surface area (Å²) in [5.41, 5.74) is 1.70. The number of ether oxygens (including phenoxy) is 2. The average Bonchev–Trinajstić information content (AvgIpc) is 3.24. The van der Waals surface area contributed by atoms with Crippen molar-refractivity contribution in [2.75, 3.05) is 14.2 Å². The number of carbonyl (C=O) groups excluding carboxylic acids is 1. The molecule has 1 heterocycles. The summed E-state index contributed by atoms with van der Waals surface area (Å²) in [5, 5.41) is 12.9. The largest absolute Gasteiger partial charge is 0.493 e. The van der Waals surface area contributed by atoms with Gasteiger partial charge in [0.2, 0.25) is 0 Å². The summed E-state index contributed by atoms with van der Waals surface area (Å²) < 4.78 is 12.7. The minimum Gasteiger partial charge on any atom is -0.493 e. The second kappa shape index (κ2) is 11.4. The van der Waals surface area contributed by atoms with Crippen LogP contribution in [0.15, 0.2) is 83.7 Å². The highest BCUT2D eigenvalue weighted by molar-refractivity contribution is 7.07. The molecule has 0 fully saturated rings. The van der Waals surface area contributed by atoms with Gasteiger partial charge in [-0.1, -0.05) is 54.6 Å². The number of hydrogen-bond acceptors (Lipinski definition) is 6. The molecule has 1 atom stereocenters. The van der Waals surface area contributed by atoms with Crippen LogP contribution in [0.2, 0.25) is 0 Å². The van der Waals surface area contributed by atoms with Gasteiger partial charge >= 0.3 is 0 Å². The Labute approximate surface area is 218 Å². The molecule has 1 amide bonds. The van der Waals surface area contributed by atoms with Crippen molar-refractivity contribution in [1.29, 1.82) is 5.26 Å². The summed E-state index contributed by atoms with van der Waals surface area (Å²) >= 11 is 1.09.